The summed E-state index contributed by atoms with van der Waals surface area (Å²) in [5.74, 6) is -1.64. The lowest BCUT2D eigenvalue weighted by Gasteiger charge is -2.50. The first-order valence-corrected chi connectivity index (χ1v) is 17.9. The molecule has 0 aromatic carbocycles. The molecule has 3 fully saturated rings. The van der Waals surface area contributed by atoms with E-state index in [1.807, 2.05) is 6.08 Å². The minimum Gasteiger partial charge on any atom is -0.462 e. The van der Waals surface area contributed by atoms with Crippen molar-refractivity contribution in [1.29, 1.82) is 0 Å². The van der Waals surface area contributed by atoms with Crippen LogP contribution in [0.1, 0.15) is 80.1 Å². The number of fused-ring (bicyclic) bond motifs is 2. The number of allylic oxidation sites excluding steroid dienone is 4. The van der Waals surface area contributed by atoms with Crippen molar-refractivity contribution in [2.24, 2.45) is 23.7 Å². The van der Waals surface area contributed by atoms with Crippen molar-refractivity contribution in [3.8, 4) is 0 Å². The van der Waals surface area contributed by atoms with Crippen molar-refractivity contribution in [2.75, 3.05) is 12.9 Å². The normalized spacial score (nSPS) is 45.0. The van der Waals surface area contributed by atoms with Crippen LogP contribution in [0.3, 0.4) is 0 Å². The largest absolute Gasteiger partial charge is 0.462 e. The molecule has 10 heteroatoms. The van der Waals surface area contributed by atoms with Gasteiger partial charge in [0.25, 0.3) is 10.1 Å². The molecule has 4 aliphatic heterocycles. The molecule has 1 N–H and O–H groups in total. The summed E-state index contributed by atoms with van der Waals surface area (Å²) in [6, 6.07) is 0. The smallest absolute Gasteiger partial charge is 0.316 e. The molecule has 2 bridgehead atoms. The van der Waals surface area contributed by atoms with Crippen LogP contribution < -0.4 is 0 Å². The second-order valence-corrected chi connectivity index (χ2v) is 15.8. The van der Waals surface area contributed by atoms with Gasteiger partial charge < -0.3 is 24.1 Å². The molecule has 0 saturated carbocycles. The molecule has 9 nitrogen and oxygen atoms in total. The fourth-order valence-electron chi connectivity index (χ4n) is 7.78. The molecule has 44 heavy (non-hydrogen) atoms. The SMILES string of the molecule is CC1=C[C@H]2C(=O)O[C@H]3C[C@@H](C/C=C(\C)C[C@@H](C)/C=C/C=C4\CO[C@H]([C@@H]1OS(C)(=O)=O)[C@@]42O)O[C@@]1(CC[C@H](C)[C@@H](C(C)C)O1)C3. The molecule has 246 valence electrons. The topological polar surface area (TPSA) is 118 Å². The first-order chi connectivity index (χ1) is 20.6. The quantitative estimate of drug-likeness (QED) is 0.255. The van der Waals surface area contributed by atoms with Crippen molar-refractivity contribution in [2.45, 2.75) is 122 Å². The van der Waals surface area contributed by atoms with Crippen molar-refractivity contribution < 1.29 is 41.4 Å². The summed E-state index contributed by atoms with van der Waals surface area (Å²) in [5.41, 5.74) is 0.351. The predicted molar refractivity (Wildman–Crippen MR) is 166 cm³/mol. The second-order valence-electron chi connectivity index (χ2n) is 14.2. The summed E-state index contributed by atoms with van der Waals surface area (Å²) in [5, 5.41) is 12.4. The Hall–Kier alpha value is -1.82. The van der Waals surface area contributed by atoms with Gasteiger partial charge in [0.2, 0.25) is 0 Å². The summed E-state index contributed by atoms with van der Waals surface area (Å²) in [7, 11) is -3.88. The van der Waals surface area contributed by atoms with E-state index in [-0.39, 0.29) is 24.7 Å². The van der Waals surface area contributed by atoms with Crippen LogP contribution in [0, 0.1) is 23.7 Å². The maximum Gasteiger partial charge on any atom is 0.316 e. The summed E-state index contributed by atoms with van der Waals surface area (Å²) in [6.45, 7) is 12.5. The molecule has 5 rings (SSSR count). The van der Waals surface area contributed by atoms with Gasteiger partial charge in [0.05, 0.1) is 25.1 Å². The number of hydrogen-bond acceptors (Lipinski definition) is 9. The molecule has 4 heterocycles. The zero-order valence-corrected chi connectivity index (χ0v) is 28.0. The number of carbonyl (C=O) groups is 1. The van der Waals surface area contributed by atoms with Gasteiger partial charge in [-0.3, -0.25) is 8.98 Å². The van der Waals surface area contributed by atoms with Gasteiger partial charge in [-0.15, -0.1) is 0 Å². The van der Waals surface area contributed by atoms with Crippen LogP contribution >= 0.6 is 0 Å². The van der Waals surface area contributed by atoms with Gasteiger partial charge in [-0.05, 0) is 62.0 Å². The molecule has 5 aliphatic rings. The van der Waals surface area contributed by atoms with Crippen LogP contribution in [-0.2, 0) is 38.0 Å². The first-order valence-electron chi connectivity index (χ1n) is 16.1. The Morgan fingerprint density at radius 2 is 1.89 bits per heavy atom. The van der Waals surface area contributed by atoms with Crippen LogP contribution in [0.4, 0.5) is 0 Å². The Labute approximate surface area is 262 Å². The molecule has 0 amide bonds. The number of esters is 1. The maximum absolute atomic E-state index is 14.1. The minimum atomic E-state index is -3.88. The average Bonchev–Trinajstić information content (AvgIpc) is 3.26. The Kier molecular flexibility index (Phi) is 9.73. The number of aliphatic hydroxyl groups is 1. The van der Waals surface area contributed by atoms with Gasteiger partial charge >= 0.3 is 5.97 Å². The minimum absolute atomic E-state index is 0.0262. The van der Waals surface area contributed by atoms with E-state index in [1.54, 1.807) is 19.1 Å². The van der Waals surface area contributed by atoms with Crippen molar-refractivity contribution >= 4 is 16.1 Å². The van der Waals surface area contributed by atoms with Gasteiger partial charge in [0.15, 0.2) is 5.79 Å². The van der Waals surface area contributed by atoms with Crippen LogP contribution in [0.15, 0.2) is 47.1 Å². The standard InChI is InChI=1S/C34H50O9S/c1-20(2)29-23(5)13-14-33(42-29)18-27-17-26(41-33)12-11-22(4)15-21(3)9-8-10-25-19-39-31-30(43-44(7,37)38)24(6)16-28(32(35)40-27)34(25,31)36/h8-11,16,20-21,23,26-31,36H,12-15,17-19H2,1-7H3/b9-8+,22-11+,25-10+/t21-,23-,26+,27-,28-,29+,30+,31+,33+,34+/m0/s1. The zero-order chi connectivity index (χ0) is 32.0. The lowest BCUT2D eigenvalue weighted by atomic mass is 9.71. The van der Waals surface area contributed by atoms with Crippen LogP contribution in [-0.4, -0.2) is 74.3 Å². The first kappa shape index (κ1) is 33.5. The molecular formula is C34H50O9S. The third-order valence-corrected chi connectivity index (χ3v) is 10.5. The molecule has 1 spiro atoms. The highest BCUT2D eigenvalue weighted by Gasteiger charge is 2.61. The average molecular weight is 635 g/mol. The van der Waals surface area contributed by atoms with Gasteiger partial charge in [0.1, 0.15) is 29.8 Å². The van der Waals surface area contributed by atoms with E-state index < -0.39 is 51.7 Å². The summed E-state index contributed by atoms with van der Waals surface area (Å²) in [4.78, 5) is 14.1. The second kappa shape index (κ2) is 12.8. The highest BCUT2D eigenvalue weighted by molar-refractivity contribution is 7.86. The highest BCUT2D eigenvalue weighted by atomic mass is 32.2. The number of carbonyl (C=O) groups excluding carboxylic acids is 1. The van der Waals surface area contributed by atoms with E-state index in [1.165, 1.54) is 5.57 Å². The van der Waals surface area contributed by atoms with E-state index >= 15 is 0 Å². The fraction of sp³-hybridized carbons (Fsp3) is 0.735. The number of hydrogen-bond donors (Lipinski definition) is 1. The van der Waals surface area contributed by atoms with Gasteiger partial charge in [-0.25, -0.2) is 0 Å². The molecule has 10 atom stereocenters. The Bertz CT molecular complexity index is 1330. The Morgan fingerprint density at radius 1 is 1.14 bits per heavy atom. The third kappa shape index (κ3) is 6.95. The fourth-order valence-corrected chi connectivity index (χ4v) is 8.41. The van der Waals surface area contributed by atoms with Crippen molar-refractivity contribution in [3.05, 3.63) is 47.1 Å². The Balaban J connectivity index is 1.54. The van der Waals surface area contributed by atoms with Gasteiger partial charge in [0, 0.05) is 19.3 Å². The van der Waals surface area contributed by atoms with Crippen LogP contribution in [0.5, 0.6) is 0 Å². The summed E-state index contributed by atoms with van der Waals surface area (Å²) in [6.07, 6.45) is 11.8. The number of rotatable bonds is 3. The lowest BCUT2D eigenvalue weighted by Crippen LogP contribution is -2.59. The predicted octanol–water partition coefficient (Wildman–Crippen LogP) is 5.15. The Morgan fingerprint density at radius 3 is 2.59 bits per heavy atom. The van der Waals surface area contributed by atoms with Crippen LogP contribution in [0.25, 0.3) is 0 Å². The molecule has 1 aliphatic carbocycles. The van der Waals surface area contributed by atoms with Crippen LogP contribution in [0.2, 0.25) is 0 Å². The summed E-state index contributed by atoms with van der Waals surface area (Å²) >= 11 is 0. The van der Waals surface area contributed by atoms with E-state index in [9.17, 15) is 18.3 Å². The molecular weight excluding hydrogens is 584 g/mol. The van der Waals surface area contributed by atoms with E-state index in [4.69, 9.17) is 23.1 Å². The molecule has 0 aromatic rings. The monoisotopic (exact) mass is 634 g/mol. The van der Waals surface area contributed by atoms with Crippen molar-refractivity contribution in [3.63, 3.8) is 0 Å². The lowest BCUT2D eigenvalue weighted by molar-refractivity contribution is -0.340. The van der Waals surface area contributed by atoms with E-state index in [0.717, 1.165) is 19.1 Å². The third-order valence-electron chi connectivity index (χ3n) is 9.91. The van der Waals surface area contributed by atoms with Gasteiger partial charge in [-0.2, -0.15) is 8.42 Å². The summed E-state index contributed by atoms with van der Waals surface area (Å²) < 4.78 is 55.5. The van der Waals surface area contributed by atoms with E-state index in [0.29, 0.717) is 48.7 Å². The zero-order valence-electron chi connectivity index (χ0n) is 27.2. The molecule has 0 aromatic heterocycles. The molecule has 0 radical (unpaired) electrons. The highest BCUT2D eigenvalue weighted by Crippen LogP contribution is 2.48. The number of ether oxygens (including phenoxy) is 4. The molecule has 3 saturated heterocycles. The van der Waals surface area contributed by atoms with Crippen molar-refractivity contribution in [1.82, 2.24) is 0 Å². The molecule has 0 unspecified atom stereocenters. The van der Waals surface area contributed by atoms with Gasteiger partial charge in [-0.1, -0.05) is 63.6 Å². The van der Waals surface area contributed by atoms with E-state index in [2.05, 4.69) is 46.8 Å². The maximum atomic E-state index is 14.1.